The lowest BCUT2D eigenvalue weighted by Gasteiger charge is -2.50. The van der Waals surface area contributed by atoms with Crippen molar-refractivity contribution >= 4 is 6.47 Å². The fraction of sp³-hybridized carbons (Fsp3) is 0.750. The van der Waals surface area contributed by atoms with Gasteiger partial charge in [-0.05, 0) is 55.4 Å². The topological polar surface area (TPSA) is 26.3 Å². The molecule has 3 saturated carbocycles. The maximum Gasteiger partial charge on any atom is 0.297 e. The highest BCUT2D eigenvalue weighted by Crippen LogP contribution is 2.57. The van der Waals surface area contributed by atoms with E-state index < -0.39 is 0 Å². The lowest BCUT2D eigenvalue weighted by atomic mass is 9.54. The largest absolute Gasteiger partial charge is 0.437 e. The third-order valence-corrected chi connectivity index (χ3v) is 4.24. The van der Waals surface area contributed by atoms with E-state index in [0.717, 1.165) is 0 Å². The molecule has 2 nitrogen and oxygen atoms in total. The lowest BCUT2D eigenvalue weighted by Crippen LogP contribution is -2.38. The van der Waals surface area contributed by atoms with Crippen molar-refractivity contribution in [3.05, 3.63) is 12.3 Å². The van der Waals surface area contributed by atoms with Gasteiger partial charge in [0.2, 0.25) is 0 Å². The molecule has 0 radical (unpaired) electrons. The Hall–Kier alpha value is -0.790. The first kappa shape index (κ1) is 9.75. The van der Waals surface area contributed by atoms with Crippen LogP contribution >= 0.6 is 0 Å². The van der Waals surface area contributed by atoms with Crippen molar-refractivity contribution in [3.63, 3.8) is 0 Å². The Kier molecular flexibility index (Phi) is 2.38. The zero-order valence-corrected chi connectivity index (χ0v) is 8.79. The summed E-state index contributed by atoms with van der Waals surface area (Å²) in [6, 6.07) is 0. The maximum atomic E-state index is 10.0. The van der Waals surface area contributed by atoms with E-state index in [1.807, 2.05) is 0 Å². The zero-order valence-electron chi connectivity index (χ0n) is 8.79. The van der Waals surface area contributed by atoms with E-state index in [1.165, 1.54) is 38.5 Å². The summed E-state index contributed by atoms with van der Waals surface area (Å²) in [5.41, 5.74) is 0.960. The molecular weight excluding hydrogens is 176 g/mol. The minimum atomic E-state index is 0.348. The zero-order chi connectivity index (χ0) is 10.1. The van der Waals surface area contributed by atoms with Gasteiger partial charge in [-0.1, -0.05) is 6.92 Å². The van der Waals surface area contributed by atoms with Crippen molar-refractivity contribution in [2.75, 3.05) is 0 Å². The average Bonchev–Trinajstić information content (AvgIpc) is 2.21. The molecule has 3 aliphatic rings. The van der Waals surface area contributed by atoms with Crippen molar-refractivity contribution in [2.24, 2.45) is 10.8 Å². The number of hydrogen-bond acceptors (Lipinski definition) is 2. The Bertz CT molecular complexity index is 231. The molecule has 0 unspecified atom stereocenters. The maximum absolute atomic E-state index is 10.0. The summed E-state index contributed by atoms with van der Waals surface area (Å²) in [6.45, 7) is 2.89. The standard InChI is InChI=1S/C12H18O2/c1-11-2-5-12(6-3-11,7-4-11)8-9-14-10-13/h8-10H,2-7H2,1H3/b9-8+. The summed E-state index contributed by atoms with van der Waals surface area (Å²) in [6.07, 6.45) is 11.5. The molecule has 0 N–H and O–H groups in total. The first-order valence-electron chi connectivity index (χ1n) is 5.45. The minimum Gasteiger partial charge on any atom is -0.437 e. The van der Waals surface area contributed by atoms with E-state index in [4.69, 9.17) is 0 Å². The molecule has 3 aliphatic carbocycles. The van der Waals surface area contributed by atoms with Crippen LogP contribution in [0.1, 0.15) is 45.4 Å². The van der Waals surface area contributed by atoms with Crippen LogP contribution in [0.15, 0.2) is 12.3 Å². The van der Waals surface area contributed by atoms with Gasteiger partial charge in [0.1, 0.15) is 0 Å². The lowest BCUT2D eigenvalue weighted by molar-refractivity contribution is -0.123. The highest BCUT2D eigenvalue weighted by molar-refractivity contribution is 5.38. The second kappa shape index (κ2) is 3.41. The van der Waals surface area contributed by atoms with E-state index in [0.29, 0.717) is 17.3 Å². The number of hydrogen-bond donors (Lipinski definition) is 0. The fourth-order valence-corrected chi connectivity index (χ4v) is 2.87. The van der Waals surface area contributed by atoms with Crippen molar-refractivity contribution in [2.45, 2.75) is 45.4 Å². The van der Waals surface area contributed by atoms with Gasteiger partial charge in [-0.15, -0.1) is 0 Å². The Morgan fingerprint density at radius 2 is 1.64 bits per heavy atom. The molecule has 2 bridgehead atoms. The summed E-state index contributed by atoms with van der Waals surface area (Å²) in [7, 11) is 0. The number of carbonyl (C=O) groups excluding carboxylic acids is 1. The molecule has 78 valence electrons. The summed E-state index contributed by atoms with van der Waals surface area (Å²) < 4.78 is 4.64. The van der Waals surface area contributed by atoms with E-state index in [2.05, 4.69) is 17.7 Å². The number of rotatable bonds is 3. The second-order valence-corrected chi connectivity index (χ2v) is 5.21. The summed E-state index contributed by atoms with van der Waals surface area (Å²) >= 11 is 0. The van der Waals surface area contributed by atoms with Crippen LogP contribution in [0.5, 0.6) is 0 Å². The molecular formula is C12H18O2. The van der Waals surface area contributed by atoms with Gasteiger partial charge in [0.05, 0.1) is 6.26 Å². The van der Waals surface area contributed by atoms with Gasteiger partial charge in [0.25, 0.3) is 6.47 Å². The highest BCUT2D eigenvalue weighted by atomic mass is 16.5. The SMILES string of the molecule is CC12CCC(/C=C/OC=O)(CC1)CC2. The van der Waals surface area contributed by atoms with E-state index in [1.54, 1.807) is 6.26 Å². The molecule has 3 fully saturated rings. The first-order chi connectivity index (χ1) is 6.68. The second-order valence-electron chi connectivity index (χ2n) is 5.21. The molecule has 0 heterocycles. The van der Waals surface area contributed by atoms with Gasteiger partial charge in [0.15, 0.2) is 0 Å². The predicted octanol–water partition coefficient (Wildman–Crippen LogP) is 3.03. The Morgan fingerprint density at radius 1 is 1.07 bits per heavy atom. The van der Waals surface area contributed by atoms with Crippen LogP contribution in [0.3, 0.4) is 0 Å². The van der Waals surface area contributed by atoms with Crippen LogP contribution in [-0.2, 0) is 9.53 Å². The monoisotopic (exact) mass is 194 g/mol. The minimum absolute atomic E-state index is 0.348. The molecule has 0 aromatic rings. The van der Waals surface area contributed by atoms with Gasteiger partial charge < -0.3 is 4.74 Å². The van der Waals surface area contributed by atoms with Gasteiger partial charge in [-0.2, -0.15) is 0 Å². The van der Waals surface area contributed by atoms with Crippen LogP contribution in [-0.4, -0.2) is 6.47 Å². The van der Waals surface area contributed by atoms with Crippen molar-refractivity contribution in [1.82, 2.24) is 0 Å². The van der Waals surface area contributed by atoms with Crippen LogP contribution in [0, 0.1) is 10.8 Å². The quantitative estimate of drug-likeness (QED) is 0.510. The summed E-state index contributed by atoms with van der Waals surface area (Å²) in [5.74, 6) is 0. The number of allylic oxidation sites excluding steroid dienone is 1. The molecule has 0 aromatic heterocycles. The molecule has 0 spiro atoms. The van der Waals surface area contributed by atoms with Gasteiger partial charge >= 0.3 is 0 Å². The number of ether oxygens (including phenoxy) is 1. The van der Waals surface area contributed by atoms with Gasteiger partial charge in [-0.25, -0.2) is 0 Å². The molecule has 14 heavy (non-hydrogen) atoms. The summed E-state index contributed by atoms with van der Waals surface area (Å²) in [4.78, 5) is 10.0. The molecule has 2 heteroatoms. The fourth-order valence-electron chi connectivity index (χ4n) is 2.87. The van der Waals surface area contributed by atoms with Gasteiger partial charge in [0, 0.05) is 0 Å². The average molecular weight is 194 g/mol. The van der Waals surface area contributed by atoms with Crippen LogP contribution in [0.2, 0.25) is 0 Å². The predicted molar refractivity (Wildman–Crippen MR) is 54.5 cm³/mol. The molecule has 0 amide bonds. The van der Waals surface area contributed by atoms with Crippen molar-refractivity contribution in [3.8, 4) is 0 Å². The van der Waals surface area contributed by atoms with E-state index >= 15 is 0 Å². The van der Waals surface area contributed by atoms with Crippen LogP contribution < -0.4 is 0 Å². The molecule has 0 aromatic carbocycles. The van der Waals surface area contributed by atoms with E-state index in [-0.39, 0.29) is 0 Å². The Labute approximate surface area is 85.3 Å². The molecule has 0 atom stereocenters. The third-order valence-electron chi connectivity index (χ3n) is 4.24. The van der Waals surface area contributed by atoms with Crippen LogP contribution in [0.25, 0.3) is 0 Å². The Morgan fingerprint density at radius 3 is 2.14 bits per heavy atom. The normalized spacial score (nSPS) is 41.5. The molecule has 0 saturated heterocycles. The Balaban J connectivity index is 2.01. The third kappa shape index (κ3) is 1.70. The van der Waals surface area contributed by atoms with Crippen molar-refractivity contribution in [1.29, 1.82) is 0 Å². The highest BCUT2D eigenvalue weighted by Gasteiger charge is 2.44. The van der Waals surface area contributed by atoms with Crippen LogP contribution in [0.4, 0.5) is 0 Å². The number of carbonyl (C=O) groups is 1. The van der Waals surface area contributed by atoms with Crippen molar-refractivity contribution < 1.29 is 9.53 Å². The summed E-state index contributed by atoms with van der Waals surface area (Å²) in [5, 5.41) is 0. The smallest absolute Gasteiger partial charge is 0.297 e. The molecule has 0 aliphatic heterocycles. The van der Waals surface area contributed by atoms with Gasteiger partial charge in [-0.3, -0.25) is 4.79 Å². The molecule has 3 rings (SSSR count). The first-order valence-corrected chi connectivity index (χ1v) is 5.45. The van der Waals surface area contributed by atoms with E-state index in [9.17, 15) is 4.79 Å². The number of fused-ring (bicyclic) bond motifs is 3.